The van der Waals surface area contributed by atoms with Crippen LogP contribution in [0.25, 0.3) is 11.4 Å². The van der Waals surface area contributed by atoms with Crippen molar-refractivity contribution < 1.29 is 5.11 Å². The highest BCUT2D eigenvalue weighted by Crippen LogP contribution is 2.28. The molecule has 3 N–H and O–H groups in total. The lowest BCUT2D eigenvalue weighted by atomic mass is 10.1. The molecule has 0 spiro atoms. The van der Waals surface area contributed by atoms with Crippen LogP contribution in [0.3, 0.4) is 0 Å². The number of nitrogens with two attached hydrogens (primary N) is 1. The number of hydrogen-bond acceptors (Lipinski definition) is 4. The minimum absolute atomic E-state index is 0.0680. The van der Waals surface area contributed by atoms with E-state index in [1.165, 1.54) is 0 Å². The van der Waals surface area contributed by atoms with Crippen molar-refractivity contribution in [2.45, 2.75) is 26.8 Å². The van der Waals surface area contributed by atoms with E-state index in [1.807, 2.05) is 17.6 Å². The predicted octanol–water partition coefficient (Wildman–Crippen LogP) is 2.12. The molecule has 0 unspecified atom stereocenters. The standard InChI is InChI=1S/C12H16N4O/c1-7(2)16-8(3)14-15-12(16)9-4-5-10(13)11(17)6-9/h4-7,17H,13H2,1-3H3. The van der Waals surface area contributed by atoms with E-state index in [4.69, 9.17) is 5.73 Å². The zero-order valence-electron chi connectivity index (χ0n) is 10.2. The molecule has 0 saturated heterocycles. The van der Waals surface area contributed by atoms with E-state index in [0.29, 0.717) is 5.69 Å². The molecule has 1 heterocycles. The molecule has 90 valence electrons. The van der Waals surface area contributed by atoms with Crippen LogP contribution in [0.2, 0.25) is 0 Å². The smallest absolute Gasteiger partial charge is 0.164 e. The van der Waals surface area contributed by atoms with Crippen molar-refractivity contribution in [2.24, 2.45) is 0 Å². The number of phenols is 1. The number of benzene rings is 1. The largest absolute Gasteiger partial charge is 0.506 e. The van der Waals surface area contributed by atoms with E-state index >= 15 is 0 Å². The molecule has 1 aromatic heterocycles. The van der Waals surface area contributed by atoms with Gasteiger partial charge in [-0.2, -0.15) is 0 Å². The number of rotatable bonds is 2. The lowest BCUT2D eigenvalue weighted by Crippen LogP contribution is -2.05. The van der Waals surface area contributed by atoms with Crippen LogP contribution < -0.4 is 5.73 Å². The number of anilines is 1. The Morgan fingerprint density at radius 3 is 2.59 bits per heavy atom. The molecule has 0 radical (unpaired) electrons. The Balaban J connectivity index is 2.56. The lowest BCUT2D eigenvalue weighted by Gasteiger charge is -2.12. The molecule has 5 heteroatoms. The van der Waals surface area contributed by atoms with Crippen molar-refractivity contribution in [3.63, 3.8) is 0 Å². The van der Waals surface area contributed by atoms with Crippen LogP contribution in [0.15, 0.2) is 18.2 Å². The van der Waals surface area contributed by atoms with Gasteiger partial charge in [0.2, 0.25) is 0 Å². The number of phenolic OH excluding ortho intramolecular Hbond substituents is 1. The third-order valence-corrected chi connectivity index (χ3v) is 2.67. The quantitative estimate of drug-likeness (QED) is 0.614. The number of nitrogens with zero attached hydrogens (tertiary/aromatic N) is 3. The van der Waals surface area contributed by atoms with Crippen LogP contribution in [0.1, 0.15) is 25.7 Å². The van der Waals surface area contributed by atoms with Crippen LogP contribution in [0.5, 0.6) is 5.75 Å². The fraction of sp³-hybridized carbons (Fsp3) is 0.333. The zero-order chi connectivity index (χ0) is 12.6. The average Bonchev–Trinajstić information content (AvgIpc) is 2.64. The van der Waals surface area contributed by atoms with Gasteiger partial charge in [0.25, 0.3) is 0 Å². The van der Waals surface area contributed by atoms with Crippen molar-refractivity contribution in [1.82, 2.24) is 14.8 Å². The third kappa shape index (κ3) is 1.95. The first kappa shape index (κ1) is 11.4. The molecule has 17 heavy (non-hydrogen) atoms. The molecule has 5 nitrogen and oxygen atoms in total. The fourth-order valence-electron chi connectivity index (χ4n) is 1.87. The molecule has 0 atom stereocenters. The summed E-state index contributed by atoms with van der Waals surface area (Å²) in [5.74, 6) is 1.66. The maximum Gasteiger partial charge on any atom is 0.164 e. The second kappa shape index (κ2) is 4.08. The van der Waals surface area contributed by atoms with Gasteiger partial charge >= 0.3 is 0 Å². The Labute approximate surface area is 99.9 Å². The van der Waals surface area contributed by atoms with Gasteiger partial charge < -0.3 is 15.4 Å². The molecular formula is C12H16N4O. The maximum atomic E-state index is 9.62. The highest BCUT2D eigenvalue weighted by molar-refractivity contribution is 5.65. The van der Waals surface area contributed by atoms with Crippen LogP contribution >= 0.6 is 0 Å². The molecule has 0 fully saturated rings. The fourth-order valence-corrected chi connectivity index (χ4v) is 1.87. The Morgan fingerprint density at radius 1 is 1.29 bits per heavy atom. The van der Waals surface area contributed by atoms with Crippen LogP contribution in [-0.4, -0.2) is 19.9 Å². The zero-order valence-corrected chi connectivity index (χ0v) is 10.2. The summed E-state index contributed by atoms with van der Waals surface area (Å²) in [6.07, 6.45) is 0. The van der Waals surface area contributed by atoms with Crippen LogP contribution in [0.4, 0.5) is 5.69 Å². The van der Waals surface area contributed by atoms with Gasteiger partial charge in [-0.1, -0.05) is 0 Å². The second-order valence-corrected chi connectivity index (χ2v) is 4.31. The van der Waals surface area contributed by atoms with Gasteiger partial charge in [0.05, 0.1) is 5.69 Å². The van der Waals surface area contributed by atoms with Crippen molar-refractivity contribution in [3.8, 4) is 17.1 Å². The summed E-state index contributed by atoms with van der Waals surface area (Å²) in [5, 5.41) is 17.8. The van der Waals surface area contributed by atoms with Crippen molar-refractivity contribution in [3.05, 3.63) is 24.0 Å². The van der Waals surface area contributed by atoms with Gasteiger partial charge in [-0.25, -0.2) is 0 Å². The first-order valence-corrected chi connectivity index (χ1v) is 5.51. The SMILES string of the molecule is Cc1nnc(-c2ccc(N)c(O)c2)n1C(C)C. The van der Waals surface area contributed by atoms with Crippen LogP contribution in [-0.2, 0) is 0 Å². The second-order valence-electron chi connectivity index (χ2n) is 4.31. The molecule has 0 bridgehead atoms. The van der Waals surface area contributed by atoms with Gasteiger partial charge in [0.15, 0.2) is 5.82 Å². The first-order valence-electron chi connectivity index (χ1n) is 5.51. The summed E-state index contributed by atoms with van der Waals surface area (Å²) in [5.41, 5.74) is 6.75. The van der Waals surface area contributed by atoms with Gasteiger partial charge in [0.1, 0.15) is 11.6 Å². The molecule has 2 aromatic rings. The monoisotopic (exact) mass is 232 g/mol. The Bertz CT molecular complexity index is 545. The summed E-state index contributed by atoms with van der Waals surface area (Å²) in [6.45, 7) is 6.04. The molecule has 1 aromatic carbocycles. The van der Waals surface area contributed by atoms with Crippen molar-refractivity contribution >= 4 is 5.69 Å². The summed E-state index contributed by atoms with van der Waals surface area (Å²) in [4.78, 5) is 0. The van der Waals surface area contributed by atoms with E-state index in [2.05, 4.69) is 24.0 Å². The van der Waals surface area contributed by atoms with E-state index in [0.717, 1.165) is 17.2 Å². The lowest BCUT2D eigenvalue weighted by molar-refractivity contribution is 0.478. The van der Waals surface area contributed by atoms with E-state index in [1.54, 1.807) is 12.1 Å². The first-order chi connectivity index (χ1) is 8.00. The van der Waals surface area contributed by atoms with Gasteiger partial charge in [-0.3, -0.25) is 0 Å². The molecule has 0 saturated carbocycles. The number of aromatic hydroxyl groups is 1. The normalized spacial score (nSPS) is 11.1. The van der Waals surface area contributed by atoms with Gasteiger partial charge in [0, 0.05) is 11.6 Å². The Morgan fingerprint density at radius 2 is 2.00 bits per heavy atom. The third-order valence-electron chi connectivity index (χ3n) is 2.67. The van der Waals surface area contributed by atoms with E-state index < -0.39 is 0 Å². The maximum absolute atomic E-state index is 9.62. The number of aryl methyl sites for hydroxylation is 1. The molecule has 0 amide bonds. The van der Waals surface area contributed by atoms with Crippen LogP contribution in [0, 0.1) is 6.92 Å². The molecular weight excluding hydrogens is 216 g/mol. The Hall–Kier alpha value is -2.04. The minimum atomic E-state index is 0.0680. The summed E-state index contributed by atoms with van der Waals surface area (Å²) < 4.78 is 2.02. The minimum Gasteiger partial charge on any atom is -0.506 e. The average molecular weight is 232 g/mol. The summed E-state index contributed by atoms with van der Waals surface area (Å²) in [7, 11) is 0. The molecule has 2 rings (SSSR count). The summed E-state index contributed by atoms with van der Waals surface area (Å²) in [6, 6.07) is 5.37. The van der Waals surface area contributed by atoms with Crippen molar-refractivity contribution in [2.75, 3.05) is 5.73 Å². The molecule has 0 aliphatic heterocycles. The summed E-state index contributed by atoms with van der Waals surface area (Å²) >= 11 is 0. The van der Waals surface area contributed by atoms with E-state index in [-0.39, 0.29) is 11.8 Å². The van der Waals surface area contributed by atoms with Gasteiger partial charge in [-0.15, -0.1) is 10.2 Å². The Kier molecular flexibility index (Phi) is 2.75. The highest BCUT2D eigenvalue weighted by atomic mass is 16.3. The number of hydrogen-bond donors (Lipinski definition) is 2. The number of aromatic nitrogens is 3. The van der Waals surface area contributed by atoms with Crippen molar-refractivity contribution in [1.29, 1.82) is 0 Å². The number of nitrogen functional groups attached to an aromatic ring is 1. The van der Waals surface area contributed by atoms with E-state index in [9.17, 15) is 5.11 Å². The topological polar surface area (TPSA) is 77.0 Å². The van der Waals surface area contributed by atoms with Gasteiger partial charge in [-0.05, 0) is 39.0 Å². The molecule has 0 aliphatic rings. The predicted molar refractivity (Wildman–Crippen MR) is 66.7 cm³/mol. The highest BCUT2D eigenvalue weighted by Gasteiger charge is 2.14. The molecule has 0 aliphatic carbocycles.